The van der Waals surface area contributed by atoms with Crippen molar-refractivity contribution < 1.29 is 33.9 Å². The molecule has 2 bridgehead atoms. The number of fused-ring (bicyclic) bond motifs is 3. The molecule has 3 aliphatic heterocycles. The van der Waals surface area contributed by atoms with Gasteiger partial charge in [0, 0.05) is 50.6 Å². The summed E-state index contributed by atoms with van der Waals surface area (Å²) in [4.78, 5) is 83.9. The summed E-state index contributed by atoms with van der Waals surface area (Å²) in [6.07, 6.45) is 4.96. The number of carbonyl (C=O) groups is 6. The number of piperidine rings is 2. The topological polar surface area (TPSA) is 170 Å². The lowest BCUT2D eigenvalue weighted by molar-refractivity contribution is -0.162. The van der Waals surface area contributed by atoms with Gasteiger partial charge in [-0.15, -0.1) is 0 Å². The number of nitrogens with zero attached hydrogens (tertiary/aromatic N) is 3. The van der Waals surface area contributed by atoms with Gasteiger partial charge in [0.25, 0.3) is 0 Å². The van der Waals surface area contributed by atoms with Crippen molar-refractivity contribution >= 4 is 46.4 Å². The van der Waals surface area contributed by atoms with Crippen LogP contribution in [0.3, 0.4) is 0 Å². The van der Waals surface area contributed by atoms with Gasteiger partial charge >= 0.3 is 5.97 Å². The zero-order valence-electron chi connectivity index (χ0n) is 31.4. The molecule has 1 saturated carbocycles. The molecular weight excluding hydrogens is 713 g/mol. The molecular formula is C43H48N6O7. The molecule has 4 atom stereocenters. The number of carboxylic acid groups (broad SMARTS) is 1. The summed E-state index contributed by atoms with van der Waals surface area (Å²) < 4.78 is 1.42. The molecule has 13 nitrogen and oxygen atoms in total. The van der Waals surface area contributed by atoms with Crippen molar-refractivity contribution in [2.75, 3.05) is 13.6 Å². The number of piperazine rings is 1. The SMILES string of the molecule is CN(Cc1ccccc1)C(=O)[C@H](Cc1ccccc1)NC(=O)[C@@H](Cc1cn(C(=O)CCC(=O)O)c2ccccc12)NC[C@H]1NC(=O)C2C3CCC(CC3)N2C1=O. The molecule has 3 saturated heterocycles. The second kappa shape index (κ2) is 16.9. The summed E-state index contributed by atoms with van der Waals surface area (Å²) in [5.74, 6) is -2.47. The summed E-state index contributed by atoms with van der Waals surface area (Å²) in [6.45, 7) is 0.297. The molecule has 0 spiro atoms. The third kappa shape index (κ3) is 8.37. The van der Waals surface area contributed by atoms with E-state index < -0.39 is 42.0 Å². The number of carbonyl (C=O) groups excluding carboxylic acids is 5. The van der Waals surface area contributed by atoms with Gasteiger partial charge in [-0.1, -0.05) is 78.9 Å². The molecule has 4 fully saturated rings. The maximum absolute atomic E-state index is 14.6. The highest BCUT2D eigenvalue weighted by Crippen LogP contribution is 2.41. The van der Waals surface area contributed by atoms with Gasteiger partial charge in [0.15, 0.2) is 0 Å². The first-order valence-electron chi connectivity index (χ1n) is 19.4. The Bertz CT molecular complexity index is 2100. The predicted octanol–water partition coefficient (Wildman–Crippen LogP) is 3.30. The lowest BCUT2D eigenvalue weighted by Gasteiger charge is -2.53. The first-order chi connectivity index (χ1) is 27.1. The Morgan fingerprint density at radius 2 is 1.50 bits per heavy atom. The van der Waals surface area contributed by atoms with E-state index in [4.69, 9.17) is 0 Å². The van der Waals surface area contributed by atoms with Crippen molar-refractivity contribution in [3.63, 3.8) is 0 Å². The van der Waals surface area contributed by atoms with Crippen LogP contribution in [0.4, 0.5) is 0 Å². The lowest BCUT2D eigenvalue weighted by atomic mass is 9.73. The highest BCUT2D eigenvalue weighted by Gasteiger charge is 2.52. The van der Waals surface area contributed by atoms with Crippen LogP contribution in [-0.2, 0) is 43.4 Å². The van der Waals surface area contributed by atoms with E-state index in [1.165, 1.54) is 4.57 Å². The molecule has 56 heavy (non-hydrogen) atoms. The van der Waals surface area contributed by atoms with E-state index in [1.54, 1.807) is 35.2 Å². The highest BCUT2D eigenvalue weighted by molar-refractivity contribution is 5.98. The van der Waals surface area contributed by atoms with Gasteiger partial charge in [0.1, 0.15) is 18.1 Å². The van der Waals surface area contributed by atoms with Crippen LogP contribution in [0.15, 0.2) is 91.1 Å². The molecule has 1 unspecified atom stereocenters. The quantitative estimate of drug-likeness (QED) is 0.143. The van der Waals surface area contributed by atoms with Crippen LogP contribution in [0.1, 0.15) is 60.0 Å². The minimum absolute atomic E-state index is 0.0209. The van der Waals surface area contributed by atoms with Gasteiger partial charge in [-0.25, -0.2) is 0 Å². The number of aromatic nitrogens is 1. The Hall–Kier alpha value is -5.82. The van der Waals surface area contributed by atoms with Crippen molar-refractivity contribution in [1.82, 2.24) is 30.3 Å². The number of aliphatic carboxylic acids is 1. The van der Waals surface area contributed by atoms with Crippen molar-refractivity contribution in [2.24, 2.45) is 5.92 Å². The first kappa shape index (κ1) is 38.5. The molecule has 4 N–H and O–H groups in total. The van der Waals surface area contributed by atoms with Gasteiger partial charge in [0.2, 0.25) is 29.5 Å². The number of rotatable bonds is 15. The van der Waals surface area contributed by atoms with Crippen molar-refractivity contribution in [1.29, 1.82) is 0 Å². The van der Waals surface area contributed by atoms with E-state index in [-0.39, 0.29) is 61.9 Å². The lowest BCUT2D eigenvalue weighted by Crippen LogP contribution is -2.72. The van der Waals surface area contributed by atoms with Crippen molar-refractivity contribution in [2.45, 2.75) is 88.1 Å². The zero-order chi connectivity index (χ0) is 39.3. The smallest absolute Gasteiger partial charge is 0.303 e. The summed E-state index contributed by atoms with van der Waals surface area (Å²) in [6, 6.07) is 22.9. The summed E-state index contributed by atoms with van der Waals surface area (Å²) in [5.41, 5.74) is 2.99. The number of benzene rings is 3. The first-order valence-corrected chi connectivity index (χ1v) is 19.4. The van der Waals surface area contributed by atoms with Gasteiger partial charge in [-0.3, -0.25) is 33.3 Å². The van der Waals surface area contributed by atoms with E-state index in [2.05, 4.69) is 16.0 Å². The number of para-hydroxylation sites is 1. The summed E-state index contributed by atoms with van der Waals surface area (Å²) in [7, 11) is 1.70. The van der Waals surface area contributed by atoms with E-state index in [0.29, 0.717) is 23.0 Å². The molecule has 292 valence electrons. The molecule has 8 rings (SSSR count). The fourth-order valence-electron chi connectivity index (χ4n) is 8.66. The Kier molecular flexibility index (Phi) is 11.6. The summed E-state index contributed by atoms with van der Waals surface area (Å²) >= 11 is 0. The fraction of sp³-hybridized carbons (Fsp3) is 0.395. The standard InChI is InChI=1S/C43H48N6O7/c1-47(25-28-12-6-3-7-13-28)42(55)34(22-27-10-4-2-5-11-27)45-40(53)33(23-30-26-48(37(50)20-21-38(51)52)36-15-9-8-14-32(30)36)44-24-35-43(56)49-31-18-16-29(17-19-31)39(49)41(54)46-35/h2-15,26,29,31,33-35,39,44H,16-25H2,1H3,(H,45,53)(H,46,54)(H,51,52)/t29?,31?,33-,34+,35-,39?/m1/s1. The van der Waals surface area contributed by atoms with Gasteiger partial charge < -0.3 is 30.9 Å². The van der Waals surface area contributed by atoms with Crippen LogP contribution in [-0.4, -0.2) is 98.8 Å². The number of hydrogen-bond donors (Lipinski definition) is 4. The molecule has 3 aromatic carbocycles. The van der Waals surface area contributed by atoms with Crippen LogP contribution in [0.2, 0.25) is 0 Å². The minimum Gasteiger partial charge on any atom is -0.481 e. The molecule has 4 heterocycles. The zero-order valence-corrected chi connectivity index (χ0v) is 31.4. The Morgan fingerprint density at radius 1 is 0.839 bits per heavy atom. The molecule has 1 aliphatic carbocycles. The van der Waals surface area contributed by atoms with Crippen LogP contribution in [0.25, 0.3) is 10.9 Å². The molecule has 4 aromatic rings. The molecule has 13 heteroatoms. The van der Waals surface area contributed by atoms with Crippen molar-refractivity contribution in [3.8, 4) is 0 Å². The maximum atomic E-state index is 14.6. The average molecular weight is 761 g/mol. The Balaban J connectivity index is 1.17. The average Bonchev–Trinajstić information content (AvgIpc) is 3.58. The Morgan fingerprint density at radius 3 is 2.20 bits per heavy atom. The van der Waals surface area contributed by atoms with E-state index in [0.717, 1.165) is 36.8 Å². The normalized spacial score (nSPS) is 21.2. The summed E-state index contributed by atoms with van der Waals surface area (Å²) in [5, 5.41) is 19.1. The molecule has 4 amide bonds. The maximum Gasteiger partial charge on any atom is 0.303 e. The van der Waals surface area contributed by atoms with Crippen LogP contribution in [0.5, 0.6) is 0 Å². The second-order valence-corrected chi connectivity index (χ2v) is 15.2. The van der Waals surface area contributed by atoms with E-state index in [9.17, 15) is 33.9 Å². The van der Waals surface area contributed by atoms with Gasteiger partial charge in [-0.05, 0) is 60.8 Å². The van der Waals surface area contributed by atoms with Crippen LogP contribution >= 0.6 is 0 Å². The van der Waals surface area contributed by atoms with Crippen LogP contribution < -0.4 is 16.0 Å². The van der Waals surface area contributed by atoms with Crippen molar-refractivity contribution in [3.05, 3.63) is 108 Å². The molecule has 1 aromatic heterocycles. The van der Waals surface area contributed by atoms with E-state index in [1.807, 2.05) is 72.8 Å². The second-order valence-electron chi connectivity index (χ2n) is 15.2. The van der Waals surface area contributed by atoms with Crippen LogP contribution in [0, 0.1) is 5.92 Å². The van der Waals surface area contributed by atoms with E-state index >= 15 is 0 Å². The number of carboxylic acids is 1. The Labute approximate surface area is 325 Å². The molecule has 0 radical (unpaired) electrons. The largest absolute Gasteiger partial charge is 0.481 e. The fourth-order valence-corrected chi connectivity index (χ4v) is 8.66. The third-order valence-electron chi connectivity index (χ3n) is 11.5. The monoisotopic (exact) mass is 760 g/mol. The molecule has 4 aliphatic rings. The highest BCUT2D eigenvalue weighted by atomic mass is 16.4. The number of hydrogen-bond acceptors (Lipinski definition) is 7. The number of likely N-dealkylation sites (N-methyl/N-ethyl adjacent to an activating group) is 1. The number of amides is 4. The predicted molar refractivity (Wildman–Crippen MR) is 208 cm³/mol. The number of nitrogens with one attached hydrogen (secondary N) is 3. The van der Waals surface area contributed by atoms with Gasteiger partial charge in [-0.2, -0.15) is 0 Å². The minimum atomic E-state index is -1.09. The third-order valence-corrected chi connectivity index (χ3v) is 11.5. The van der Waals surface area contributed by atoms with Gasteiger partial charge in [0.05, 0.1) is 18.0 Å².